The highest BCUT2D eigenvalue weighted by atomic mass is 79.9. The molecule has 3 aromatic rings. The van der Waals surface area contributed by atoms with Crippen LogP contribution in [0.1, 0.15) is 11.4 Å². The Morgan fingerprint density at radius 2 is 1.68 bits per heavy atom. The standard InChI is InChI=1S/C16H13BrN2/c17-14-8-6-13(7-9-14)15-11-18-16(19-15)10-12-4-2-1-3-5-12/h1-9,11H,10H2,(H,18,19). The summed E-state index contributed by atoms with van der Waals surface area (Å²) in [7, 11) is 0. The van der Waals surface area contributed by atoms with Crippen molar-refractivity contribution in [3.05, 3.63) is 76.7 Å². The van der Waals surface area contributed by atoms with Crippen molar-refractivity contribution >= 4 is 15.9 Å². The Labute approximate surface area is 120 Å². The van der Waals surface area contributed by atoms with Crippen LogP contribution in [0.15, 0.2) is 65.3 Å². The smallest absolute Gasteiger partial charge is 0.110 e. The van der Waals surface area contributed by atoms with Crippen LogP contribution in [0.3, 0.4) is 0 Å². The second-order valence-corrected chi connectivity index (χ2v) is 5.33. The van der Waals surface area contributed by atoms with Gasteiger partial charge in [-0.05, 0) is 23.3 Å². The van der Waals surface area contributed by atoms with Crippen molar-refractivity contribution in [2.75, 3.05) is 0 Å². The van der Waals surface area contributed by atoms with E-state index < -0.39 is 0 Å². The van der Waals surface area contributed by atoms with Crippen LogP contribution in [0, 0.1) is 0 Å². The van der Waals surface area contributed by atoms with Crippen LogP contribution in [0.2, 0.25) is 0 Å². The Hall–Kier alpha value is -1.87. The number of aromatic amines is 1. The molecule has 0 saturated carbocycles. The number of aromatic nitrogens is 2. The quantitative estimate of drug-likeness (QED) is 0.761. The fraction of sp³-hybridized carbons (Fsp3) is 0.0625. The number of hydrogen-bond donors (Lipinski definition) is 1. The van der Waals surface area contributed by atoms with E-state index in [0.29, 0.717) is 0 Å². The third-order valence-corrected chi connectivity index (χ3v) is 3.53. The van der Waals surface area contributed by atoms with Crippen molar-refractivity contribution in [2.24, 2.45) is 0 Å². The number of nitrogens with zero attached hydrogens (tertiary/aromatic N) is 1. The molecule has 2 aromatic carbocycles. The highest BCUT2D eigenvalue weighted by molar-refractivity contribution is 9.10. The van der Waals surface area contributed by atoms with E-state index in [4.69, 9.17) is 0 Å². The fourth-order valence-electron chi connectivity index (χ4n) is 2.02. The maximum absolute atomic E-state index is 4.44. The van der Waals surface area contributed by atoms with E-state index in [-0.39, 0.29) is 0 Å². The van der Waals surface area contributed by atoms with Crippen LogP contribution in [0.25, 0.3) is 11.3 Å². The zero-order valence-corrected chi connectivity index (χ0v) is 11.9. The average molecular weight is 313 g/mol. The summed E-state index contributed by atoms with van der Waals surface area (Å²) in [5.74, 6) is 0.990. The van der Waals surface area contributed by atoms with Crippen LogP contribution in [-0.2, 0) is 6.42 Å². The van der Waals surface area contributed by atoms with E-state index in [2.05, 4.69) is 50.2 Å². The van der Waals surface area contributed by atoms with Crippen molar-refractivity contribution in [3.8, 4) is 11.3 Å². The van der Waals surface area contributed by atoms with E-state index >= 15 is 0 Å². The molecule has 0 aliphatic rings. The number of hydrogen-bond acceptors (Lipinski definition) is 1. The van der Waals surface area contributed by atoms with Gasteiger partial charge in [0.15, 0.2) is 0 Å². The predicted octanol–water partition coefficient (Wildman–Crippen LogP) is 4.43. The molecule has 1 heterocycles. The normalized spacial score (nSPS) is 10.6. The van der Waals surface area contributed by atoms with Gasteiger partial charge in [0.05, 0.1) is 11.9 Å². The largest absolute Gasteiger partial charge is 0.342 e. The van der Waals surface area contributed by atoms with Gasteiger partial charge in [-0.25, -0.2) is 4.98 Å². The van der Waals surface area contributed by atoms with Gasteiger partial charge < -0.3 is 4.98 Å². The summed E-state index contributed by atoms with van der Waals surface area (Å²) < 4.78 is 1.08. The maximum atomic E-state index is 4.44. The molecule has 0 aliphatic heterocycles. The summed E-state index contributed by atoms with van der Waals surface area (Å²) in [5, 5.41) is 0. The van der Waals surface area contributed by atoms with E-state index in [1.54, 1.807) is 0 Å². The first-order valence-corrected chi connectivity index (χ1v) is 6.94. The lowest BCUT2D eigenvalue weighted by Gasteiger charge is -1.99. The van der Waals surface area contributed by atoms with E-state index in [0.717, 1.165) is 28.0 Å². The molecule has 0 fully saturated rings. The van der Waals surface area contributed by atoms with Crippen molar-refractivity contribution < 1.29 is 0 Å². The topological polar surface area (TPSA) is 28.7 Å². The molecular weight excluding hydrogens is 300 g/mol. The summed E-state index contributed by atoms with van der Waals surface area (Å²) >= 11 is 3.44. The summed E-state index contributed by atoms with van der Waals surface area (Å²) in [4.78, 5) is 7.81. The lowest BCUT2D eigenvalue weighted by Crippen LogP contribution is -1.90. The molecule has 2 nitrogen and oxygen atoms in total. The number of halogens is 1. The Morgan fingerprint density at radius 1 is 0.947 bits per heavy atom. The van der Waals surface area contributed by atoms with Crippen LogP contribution in [0.5, 0.6) is 0 Å². The highest BCUT2D eigenvalue weighted by Crippen LogP contribution is 2.20. The van der Waals surface area contributed by atoms with Crippen LogP contribution >= 0.6 is 15.9 Å². The summed E-state index contributed by atoms with van der Waals surface area (Å²) in [6, 6.07) is 18.6. The lowest BCUT2D eigenvalue weighted by atomic mass is 10.1. The van der Waals surface area contributed by atoms with Gasteiger partial charge in [-0.1, -0.05) is 58.4 Å². The van der Waals surface area contributed by atoms with Gasteiger partial charge in [-0.2, -0.15) is 0 Å². The molecule has 0 spiro atoms. The van der Waals surface area contributed by atoms with Gasteiger partial charge in [0.25, 0.3) is 0 Å². The zero-order valence-electron chi connectivity index (χ0n) is 10.3. The molecule has 0 unspecified atom stereocenters. The molecule has 1 aromatic heterocycles. The second kappa shape index (κ2) is 5.41. The molecule has 0 amide bonds. The predicted molar refractivity (Wildman–Crippen MR) is 81.0 cm³/mol. The molecular formula is C16H13BrN2. The summed E-state index contributed by atoms with van der Waals surface area (Å²) in [5.41, 5.74) is 3.47. The Bertz CT molecular complexity index is 657. The van der Waals surface area contributed by atoms with Crippen molar-refractivity contribution in [1.29, 1.82) is 0 Å². The van der Waals surface area contributed by atoms with E-state index in [1.807, 2.05) is 36.5 Å². The monoisotopic (exact) mass is 312 g/mol. The van der Waals surface area contributed by atoms with E-state index in [1.165, 1.54) is 5.56 Å². The Morgan fingerprint density at radius 3 is 2.42 bits per heavy atom. The molecule has 1 N–H and O–H groups in total. The van der Waals surface area contributed by atoms with Gasteiger partial charge in [-0.3, -0.25) is 0 Å². The number of nitrogens with one attached hydrogen (secondary N) is 1. The fourth-order valence-corrected chi connectivity index (χ4v) is 2.28. The molecule has 0 atom stereocenters. The molecule has 94 valence electrons. The van der Waals surface area contributed by atoms with Gasteiger partial charge in [0.2, 0.25) is 0 Å². The van der Waals surface area contributed by atoms with Crippen molar-refractivity contribution in [3.63, 3.8) is 0 Å². The van der Waals surface area contributed by atoms with Crippen LogP contribution < -0.4 is 0 Å². The lowest BCUT2D eigenvalue weighted by molar-refractivity contribution is 1.03. The average Bonchev–Trinajstić information content (AvgIpc) is 2.89. The minimum atomic E-state index is 0.831. The molecule has 3 heteroatoms. The summed E-state index contributed by atoms with van der Waals surface area (Å²) in [6.45, 7) is 0. The summed E-state index contributed by atoms with van der Waals surface area (Å²) in [6.07, 6.45) is 2.72. The van der Waals surface area contributed by atoms with Gasteiger partial charge in [-0.15, -0.1) is 0 Å². The first kappa shape index (κ1) is 12.2. The Balaban J connectivity index is 1.82. The molecule has 0 bridgehead atoms. The minimum absolute atomic E-state index is 0.831. The van der Waals surface area contributed by atoms with Crippen LogP contribution in [-0.4, -0.2) is 9.97 Å². The van der Waals surface area contributed by atoms with Crippen LogP contribution in [0.4, 0.5) is 0 Å². The number of rotatable bonds is 3. The Kier molecular flexibility index (Phi) is 3.47. The second-order valence-electron chi connectivity index (χ2n) is 4.41. The first-order valence-electron chi connectivity index (χ1n) is 6.15. The molecule has 0 aliphatic carbocycles. The van der Waals surface area contributed by atoms with Gasteiger partial charge in [0.1, 0.15) is 5.82 Å². The molecule has 19 heavy (non-hydrogen) atoms. The maximum Gasteiger partial charge on any atom is 0.110 e. The third-order valence-electron chi connectivity index (χ3n) is 3.00. The zero-order chi connectivity index (χ0) is 13.1. The van der Waals surface area contributed by atoms with Crippen molar-refractivity contribution in [1.82, 2.24) is 9.97 Å². The van der Waals surface area contributed by atoms with Crippen molar-refractivity contribution in [2.45, 2.75) is 6.42 Å². The SMILES string of the molecule is Brc1ccc(-c2cnc(Cc3ccccc3)[nH]2)cc1. The van der Waals surface area contributed by atoms with Gasteiger partial charge >= 0.3 is 0 Å². The number of H-pyrrole nitrogens is 1. The molecule has 0 saturated heterocycles. The minimum Gasteiger partial charge on any atom is -0.342 e. The first-order chi connectivity index (χ1) is 9.31. The third kappa shape index (κ3) is 2.93. The molecule has 3 rings (SSSR count). The number of benzene rings is 2. The van der Waals surface area contributed by atoms with Gasteiger partial charge in [0, 0.05) is 10.9 Å². The molecule has 0 radical (unpaired) electrons. The highest BCUT2D eigenvalue weighted by Gasteiger charge is 2.04. The number of imidazole rings is 1. The van der Waals surface area contributed by atoms with E-state index in [9.17, 15) is 0 Å².